The monoisotopic (exact) mass is 285 g/mol. The first-order valence-electron chi connectivity index (χ1n) is 4.94. The Morgan fingerprint density at radius 3 is 2.21 bits per heavy atom. The van der Waals surface area contributed by atoms with Crippen LogP contribution < -0.4 is 5.73 Å². The molecule has 0 saturated heterocycles. The van der Waals surface area contributed by atoms with E-state index in [1.54, 1.807) is 12.3 Å². The number of hydrogen-bond acceptors (Lipinski definition) is 6. The number of aliphatic carboxylic acids is 2. The van der Waals surface area contributed by atoms with Gasteiger partial charge in [0, 0.05) is 0 Å². The SMILES string of the molecule is COC(=O)c1c(C)csc1C(N)=C(C(=O)O)C(=O)O. The van der Waals surface area contributed by atoms with Crippen LogP contribution in [0.2, 0.25) is 0 Å². The van der Waals surface area contributed by atoms with E-state index in [1.165, 1.54) is 7.11 Å². The fourth-order valence-corrected chi connectivity index (χ4v) is 2.44. The van der Waals surface area contributed by atoms with Crippen molar-refractivity contribution in [1.82, 2.24) is 0 Å². The Morgan fingerprint density at radius 1 is 1.26 bits per heavy atom. The lowest BCUT2D eigenvalue weighted by molar-refractivity contribution is -0.140. The van der Waals surface area contributed by atoms with Gasteiger partial charge in [-0.25, -0.2) is 14.4 Å². The van der Waals surface area contributed by atoms with Gasteiger partial charge >= 0.3 is 17.9 Å². The van der Waals surface area contributed by atoms with Crippen molar-refractivity contribution in [2.24, 2.45) is 5.73 Å². The van der Waals surface area contributed by atoms with E-state index in [1.807, 2.05) is 0 Å². The Labute approximate surface area is 111 Å². The van der Waals surface area contributed by atoms with Crippen molar-refractivity contribution >= 4 is 34.9 Å². The van der Waals surface area contributed by atoms with E-state index in [0.29, 0.717) is 5.56 Å². The molecule has 0 radical (unpaired) electrons. The number of carbonyl (C=O) groups excluding carboxylic acids is 1. The largest absolute Gasteiger partial charge is 0.477 e. The Balaban J connectivity index is 3.54. The third-order valence-electron chi connectivity index (χ3n) is 2.31. The van der Waals surface area contributed by atoms with E-state index < -0.39 is 29.2 Å². The summed E-state index contributed by atoms with van der Waals surface area (Å²) in [7, 11) is 1.17. The first kappa shape index (κ1) is 14.7. The summed E-state index contributed by atoms with van der Waals surface area (Å²) in [4.78, 5) is 33.4. The van der Waals surface area contributed by atoms with Crippen molar-refractivity contribution in [2.75, 3.05) is 7.11 Å². The van der Waals surface area contributed by atoms with E-state index in [0.717, 1.165) is 11.3 Å². The number of hydrogen-bond donors (Lipinski definition) is 3. The van der Waals surface area contributed by atoms with Gasteiger partial charge in [-0.2, -0.15) is 0 Å². The first-order chi connectivity index (χ1) is 8.81. The average molecular weight is 285 g/mol. The summed E-state index contributed by atoms with van der Waals surface area (Å²) < 4.78 is 4.56. The highest BCUT2D eigenvalue weighted by Gasteiger charge is 2.26. The number of esters is 1. The molecular weight excluding hydrogens is 274 g/mol. The van der Waals surface area contributed by atoms with Gasteiger partial charge in [0.2, 0.25) is 0 Å². The summed E-state index contributed by atoms with van der Waals surface area (Å²) in [6.45, 7) is 1.61. The number of aryl methyl sites for hydroxylation is 1. The molecule has 7 nitrogen and oxygen atoms in total. The lowest BCUT2D eigenvalue weighted by atomic mass is 10.1. The van der Waals surface area contributed by atoms with Crippen LogP contribution in [0.15, 0.2) is 11.0 Å². The normalized spacial score (nSPS) is 9.79. The van der Waals surface area contributed by atoms with Crippen molar-refractivity contribution in [3.05, 3.63) is 27.0 Å². The second-order valence-electron chi connectivity index (χ2n) is 3.51. The second-order valence-corrected chi connectivity index (χ2v) is 4.39. The van der Waals surface area contributed by atoms with E-state index in [9.17, 15) is 14.4 Å². The van der Waals surface area contributed by atoms with Crippen molar-refractivity contribution < 1.29 is 29.3 Å². The van der Waals surface area contributed by atoms with E-state index in [-0.39, 0.29) is 10.4 Å². The number of ether oxygens (including phenoxy) is 1. The Bertz CT molecular complexity index is 570. The Hall–Kier alpha value is -2.35. The zero-order chi connectivity index (χ0) is 14.7. The maximum absolute atomic E-state index is 11.6. The quantitative estimate of drug-likeness (QED) is 0.321. The molecule has 0 aliphatic rings. The van der Waals surface area contributed by atoms with Crippen LogP contribution >= 0.6 is 11.3 Å². The van der Waals surface area contributed by atoms with Crippen LogP contribution in [-0.2, 0) is 14.3 Å². The highest BCUT2D eigenvalue weighted by Crippen LogP contribution is 2.29. The van der Waals surface area contributed by atoms with Crippen molar-refractivity contribution in [3.8, 4) is 0 Å². The van der Waals surface area contributed by atoms with Gasteiger partial charge in [0.1, 0.15) is 0 Å². The molecule has 0 saturated carbocycles. The number of thiophene rings is 1. The van der Waals surface area contributed by atoms with Crippen LogP contribution in [0.4, 0.5) is 0 Å². The first-order valence-corrected chi connectivity index (χ1v) is 5.82. The molecule has 0 aliphatic carbocycles. The van der Waals surface area contributed by atoms with E-state index in [4.69, 9.17) is 15.9 Å². The molecule has 102 valence electrons. The van der Waals surface area contributed by atoms with E-state index in [2.05, 4.69) is 4.74 Å². The van der Waals surface area contributed by atoms with Crippen LogP contribution in [0, 0.1) is 6.92 Å². The van der Waals surface area contributed by atoms with Crippen LogP contribution in [0.25, 0.3) is 5.70 Å². The fraction of sp³-hybridized carbons (Fsp3) is 0.182. The minimum atomic E-state index is -1.67. The molecule has 0 bridgehead atoms. The number of carboxylic acid groups (broad SMARTS) is 2. The minimum Gasteiger partial charge on any atom is -0.477 e. The number of methoxy groups -OCH3 is 1. The standard InChI is InChI=1S/C11H11NO6S/c1-4-3-19-8(5(4)11(17)18-2)7(12)6(9(13)14)10(15)16/h3H,12H2,1-2H3,(H,13,14)(H,15,16). The maximum atomic E-state index is 11.6. The van der Waals surface area contributed by atoms with Crippen LogP contribution in [0.3, 0.4) is 0 Å². The van der Waals surface area contributed by atoms with Crippen molar-refractivity contribution in [2.45, 2.75) is 6.92 Å². The minimum absolute atomic E-state index is 0.0733. The number of carboxylic acids is 2. The molecular formula is C11H11NO6S. The van der Waals surface area contributed by atoms with Gasteiger partial charge in [-0.3, -0.25) is 0 Å². The van der Waals surface area contributed by atoms with Crippen molar-refractivity contribution in [1.29, 1.82) is 0 Å². The summed E-state index contributed by atoms with van der Waals surface area (Å²) in [6, 6.07) is 0. The molecule has 1 aromatic rings. The van der Waals surface area contributed by atoms with E-state index >= 15 is 0 Å². The molecule has 0 unspecified atom stereocenters. The molecule has 0 fully saturated rings. The lowest BCUT2D eigenvalue weighted by Gasteiger charge is -2.06. The average Bonchev–Trinajstić information content (AvgIpc) is 2.69. The Morgan fingerprint density at radius 2 is 1.79 bits per heavy atom. The molecule has 1 aromatic heterocycles. The predicted molar refractivity (Wildman–Crippen MR) is 66.8 cm³/mol. The number of rotatable bonds is 4. The lowest BCUT2D eigenvalue weighted by Crippen LogP contribution is -2.18. The third-order valence-corrected chi connectivity index (χ3v) is 3.44. The second kappa shape index (κ2) is 5.53. The van der Waals surface area contributed by atoms with Gasteiger partial charge < -0.3 is 20.7 Å². The van der Waals surface area contributed by atoms with Crippen LogP contribution in [0.1, 0.15) is 20.8 Å². The highest BCUT2D eigenvalue weighted by atomic mass is 32.1. The van der Waals surface area contributed by atoms with Gasteiger partial charge in [0.15, 0.2) is 5.57 Å². The van der Waals surface area contributed by atoms with Crippen LogP contribution in [0.5, 0.6) is 0 Å². The maximum Gasteiger partial charge on any atom is 0.345 e. The molecule has 4 N–H and O–H groups in total. The predicted octanol–water partition coefficient (Wildman–Crippen LogP) is 0.682. The molecule has 1 heterocycles. The number of carbonyl (C=O) groups is 3. The zero-order valence-corrected chi connectivity index (χ0v) is 10.9. The molecule has 0 aromatic carbocycles. The van der Waals surface area contributed by atoms with Crippen molar-refractivity contribution in [3.63, 3.8) is 0 Å². The summed E-state index contributed by atoms with van der Waals surface area (Å²) in [5.41, 5.74) is 4.72. The highest BCUT2D eigenvalue weighted by molar-refractivity contribution is 7.11. The summed E-state index contributed by atoms with van der Waals surface area (Å²) >= 11 is 0.981. The van der Waals surface area contributed by atoms with Gasteiger partial charge in [0.25, 0.3) is 0 Å². The molecule has 0 amide bonds. The van der Waals surface area contributed by atoms with Crippen LogP contribution in [-0.4, -0.2) is 35.2 Å². The van der Waals surface area contributed by atoms with Gasteiger partial charge in [-0.15, -0.1) is 11.3 Å². The number of nitrogens with two attached hydrogens (primary N) is 1. The topological polar surface area (TPSA) is 127 Å². The molecule has 0 spiro atoms. The molecule has 0 atom stereocenters. The zero-order valence-electron chi connectivity index (χ0n) is 10.1. The molecule has 19 heavy (non-hydrogen) atoms. The molecule has 0 aliphatic heterocycles. The summed E-state index contributed by atoms with van der Waals surface area (Å²) in [5.74, 6) is -4.05. The molecule has 1 rings (SSSR count). The summed E-state index contributed by atoms with van der Waals surface area (Å²) in [5, 5.41) is 19.2. The Kier molecular flexibility index (Phi) is 4.28. The van der Waals surface area contributed by atoms with Gasteiger partial charge in [0.05, 0.1) is 23.2 Å². The fourth-order valence-electron chi connectivity index (χ4n) is 1.43. The van der Waals surface area contributed by atoms with Gasteiger partial charge in [-0.1, -0.05) is 0 Å². The summed E-state index contributed by atoms with van der Waals surface area (Å²) in [6.07, 6.45) is 0. The van der Waals surface area contributed by atoms with Gasteiger partial charge in [-0.05, 0) is 17.9 Å². The molecule has 8 heteroatoms. The third kappa shape index (κ3) is 2.74. The smallest absolute Gasteiger partial charge is 0.345 e.